The van der Waals surface area contributed by atoms with Crippen LogP contribution in [-0.2, 0) is 14.4 Å². The van der Waals surface area contributed by atoms with Crippen LogP contribution in [-0.4, -0.2) is 74.5 Å². The van der Waals surface area contributed by atoms with Gasteiger partial charge in [0.15, 0.2) is 0 Å². The van der Waals surface area contributed by atoms with E-state index >= 15 is 0 Å². The molecule has 4 aliphatic heterocycles. The van der Waals surface area contributed by atoms with E-state index in [4.69, 9.17) is 5.11 Å². The Morgan fingerprint density at radius 1 is 1.31 bits per heavy atom. The molecule has 4 heterocycles. The lowest BCUT2D eigenvalue weighted by Crippen LogP contribution is -2.57. The van der Waals surface area contributed by atoms with Gasteiger partial charge in [0.05, 0.1) is 11.0 Å². The number of amides is 1. The fourth-order valence-electron chi connectivity index (χ4n) is 3.57. The molecule has 4 aliphatic rings. The molecule has 3 N–H and O–H groups in total. The standard InChI is InChI=1S/C16H21N3O5S2/c1-25-16-19(11(15(23)24)6-13(20)21)8-12(26-16)14(22)17-10-7-18-4-2-9(10)3-5-18/h6,8-10,16H,2-5,7H2,1H3,(H,17,22)(H,20,21)(H,23,24)/b11-6+/t10-,16?/m0/s1. The summed E-state index contributed by atoms with van der Waals surface area (Å²) in [6.45, 7) is 3.01. The minimum Gasteiger partial charge on any atom is -0.478 e. The Labute approximate surface area is 159 Å². The van der Waals surface area contributed by atoms with Crippen molar-refractivity contribution in [2.45, 2.75) is 23.6 Å². The molecule has 10 heteroatoms. The number of nitrogens with zero attached hydrogens (tertiary/aromatic N) is 2. The number of carboxylic acids is 2. The van der Waals surface area contributed by atoms with Gasteiger partial charge in [-0.25, -0.2) is 9.59 Å². The summed E-state index contributed by atoms with van der Waals surface area (Å²) in [6, 6.07) is 0.113. The van der Waals surface area contributed by atoms with Crippen LogP contribution >= 0.6 is 23.5 Å². The summed E-state index contributed by atoms with van der Waals surface area (Å²) >= 11 is 2.58. The molecule has 0 aromatic carbocycles. The molecule has 2 atom stereocenters. The normalized spacial score (nSPS) is 30.9. The van der Waals surface area contributed by atoms with Gasteiger partial charge >= 0.3 is 11.9 Å². The van der Waals surface area contributed by atoms with Crippen LogP contribution in [0.4, 0.5) is 0 Å². The number of rotatable bonds is 6. The summed E-state index contributed by atoms with van der Waals surface area (Å²) in [6.07, 6.45) is 6.04. The Hall–Kier alpha value is -1.65. The maximum absolute atomic E-state index is 12.7. The van der Waals surface area contributed by atoms with Crippen LogP contribution in [0.3, 0.4) is 0 Å². The predicted molar refractivity (Wildman–Crippen MR) is 99.3 cm³/mol. The molecular formula is C16H21N3O5S2. The number of piperidine rings is 3. The zero-order valence-electron chi connectivity index (χ0n) is 14.3. The van der Waals surface area contributed by atoms with Crippen molar-refractivity contribution in [3.8, 4) is 0 Å². The van der Waals surface area contributed by atoms with Gasteiger partial charge in [-0.1, -0.05) is 11.8 Å². The van der Waals surface area contributed by atoms with Crippen LogP contribution in [0.2, 0.25) is 0 Å². The molecule has 2 bridgehead atoms. The number of hydrogen-bond donors (Lipinski definition) is 3. The van der Waals surface area contributed by atoms with Crippen LogP contribution < -0.4 is 5.32 Å². The van der Waals surface area contributed by atoms with E-state index in [9.17, 15) is 19.5 Å². The molecule has 0 saturated carbocycles. The Bertz CT molecular complexity index is 673. The third-order valence-electron chi connectivity index (χ3n) is 4.87. The first-order valence-corrected chi connectivity index (χ1v) is 10.5. The molecular weight excluding hydrogens is 378 g/mol. The maximum Gasteiger partial charge on any atom is 0.352 e. The molecule has 0 aromatic rings. The highest BCUT2D eigenvalue weighted by Crippen LogP contribution is 2.41. The zero-order chi connectivity index (χ0) is 18.8. The summed E-state index contributed by atoms with van der Waals surface area (Å²) in [5.74, 6) is -2.42. The highest BCUT2D eigenvalue weighted by molar-refractivity contribution is 8.19. The number of aliphatic carboxylic acids is 2. The van der Waals surface area contributed by atoms with Gasteiger partial charge in [-0.2, -0.15) is 0 Å². The van der Waals surface area contributed by atoms with E-state index in [-0.39, 0.29) is 17.6 Å². The Morgan fingerprint density at radius 2 is 2.00 bits per heavy atom. The first-order valence-electron chi connectivity index (χ1n) is 8.29. The van der Waals surface area contributed by atoms with Gasteiger partial charge in [-0.3, -0.25) is 4.79 Å². The van der Waals surface area contributed by atoms with Crippen LogP contribution in [0.15, 0.2) is 22.9 Å². The molecule has 4 rings (SSSR count). The van der Waals surface area contributed by atoms with Crippen molar-refractivity contribution >= 4 is 41.4 Å². The van der Waals surface area contributed by atoms with Crippen LogP contribution in [0, 0.1) is 5.92 Å². The first kappa shape index (κ1) is 19.1. The molecule has 8 nitrogen and oxygen atoms in total. The summed E-state index contributed by atoms with van der Waals surface area (Å²) in [5.41, 5.74) is -0.366. The Kier molecular flexibility index (Phi) is 5.83. The highest BCUT2D eigenvalue weighted by Gasteiger charge is 2.38. The van der Waals surface area contributed by atoms with E-state index in [2.05, 4.69) is 10.2 Å². The minimum absolute atomic E-state index is 0.113. The summed E-state index contributed by atoms with van der Waals surface area (Å²) < 4.78 is -0.399. The van der Waals surface area contributed by atoms with Crippen molar-refractivity contribution in [2.75, 3.05) is 25.9 Å². The smallest absolute Gasteiger partial charge is 0.352 e. The van der Waals surface area contributed by atoms with E-state index < -0.39 is 16.6 Å². The quantitative estimate of drug-likeness (QED) is 0.558. The fourth-order valence-corrected chi connectivity index (χ4v) is 5.51. The topological polar surface area (TPSA) is 110 Å². The number of hydrogen-bond acceptors (Lipinski definition) is 7. The van der Waals surface area contributed by atoms with E-state index in [0.29, 0.717) is 16.9 Å². The van der Waals surface area contributed by atoms with Gasteiger partial charge in [0, 0.05) is 18.8 Å². The molecule has 0 spiro atoms. The lowest BCUT2D eigenvalue weighted by Gasteiger charge is -2.44. The van der Waals surface area contributed by atoms with Gasteiger partial charge in [-0.05, 0) is 38.1 Å². The summed E-state index contributed by atoms with van der Waals surface area (Å²) in [5, 5.41) is 21.3. The van der Waals surface area contributed by atoms with Crippen LogP contribution in [0.1, 0.15) is 12.8 Å². The van der Waals surface area contributed by atoms with Gasteiger partial charge in [-0.15, -0.1) is 11.8 Å². The molecule has 142 valence electrons. The molecule has 3 saturated heterocycles. The molecule has 1 unspecified atom stereocenters. The molecule has 0 aliphatic carbocycles. The van der Waals surface area contributed by atoms with E-state index in [1.54, 1.807) is 6.26 Å². The Balaban J connectivity index is 1.74. The number of carbonyl (C=O) groups excluding carboxylic acids is 1. The second kappa shape index (κ2) is 7.93. The van der Waals surface area contributed by atoms with Crippen molar-refractivity contribution in [3.63, 3.8) is 0 Å². The monoisotopic (exact) mass is 399 g/mol. The average Bonchev–Trinajstić information content (AvgIpc) is 3.04. The van der Waals surface area contributed by atoms with Crippen molar-refractivity contribution in [1.29, 1.82) is 0 Å². The molecule has 0 aromatic heterocycles. The molecule has 0 radical (unpaired) electrons. The van der Waals surface area contributed by atoms with Crippen LogP contribution in [0.25, 0.3) is 0 Å². The average molecular weight is 399 g/mol. The summed E-state index contributed by atoms with van der Waals surface area (Å²) in [7, 11) is 0. The second-order valence-corrected chi connectivity index (χ2v) is 8.79. The fraction of sp³-hybridized carbons (Fsp3) is 0.562. The zero-order valence-corrected chi connectivity index (χ0v) is 15.9. The maximum atomic E-state index is 12.7. The van der Waals surface area contributed by atoms with Crippen LogP contribution in [0.5, 0.6) is 0 Å². The number of nitrogens with one attached hydrogen (secondary N) is 1. The van der Waals surface area contributed by atoms with E-state index in [1.807, 2.05) is 0 Å². The molecule has 1 amide bonds. The predicted octanol–water partition coefficient (Wildman–Crippen LogP) is 0.787. The second-order valence-electron chi connectivity index (χ2n) is 6.45. The first-order chi connectivity index (χ1) is 12.4. The molecule has 3 fully saturated rings. The number of carboxylic acid groups (broad SMARTS) is 2. The molecule has 26 heavy (non-hydrogen) atoms. The minimum atomic E-state index is -1.35. The van der Waals surface area contributed by atoms with Crippen molar-refractivity contribution in [2.24, 2.45) is 5.92 Å². The summed E-state index contributed by atoms with van der Waals surface area (Å²) in [4.78, 5) is 39.1. The van der Waals surface area contributed by atoms with Gasteiger partial charge in [0.2, 0.25) is 0 Å². The van der Waals surface area contributed by atoms with Crippen molar-refractivity contribution < 1.29 is 24.6 Å². The third kappa shape index (κ3) is 4.02. The van der Waals surface area contributed by atoms with Gasteiger partial charge in [0.25, 0.3) is 5.91 Å². The van der Waals surface area contributed by atoms with Crippen molar-refractivity contribution in [1.82, 2.24) is 15.1 Å². The number of fused-ring (bicyclic) bond motifs is 3. The third-order valence-corrected chi connectivity index (χ3v) is 7.34. The van der Waals surface area contributed by atoms with Gasteiger partial charge in [0.1, 0.15) is 10.4 Å². The lowest BCUT2D eigenvalue weighted by atomic mass is 9.84. The van der Waals surface area contributed by atoms with E-state index in [0.717, 1.165) is 32.5 Å². The number of carbonyl (C=O) groups is 3. The van der Waals surface area contributed by atoms with E-state index in [1.165, 1.54) is 34.6 Å². The van der Waals surface area contributed by atoms with Crippen molar-refractivity contribution in [3.05, 3.63) is 22.9 Å². The largest absolute Gasteiger partial charge is 0.478 e. The SMILES string of the molecule is CSC1SC(C(=O)N[C@H]2CN3CCC2CC3)=CN1/C(=C/C(=O)O)C(=O)O. The number of thioether (sulfide) groups is 2. The van der Waals surface area contributed by atoms with Gasteiger partial charge < -0.3 is 25.3 Å². The lowest BCUT2D eigenvalue weighted by molar-refractivity contribution is -0.136. The Morgan fingerprint density at radius 3 is 2.50 bits per heavy atom. The highest BCUT2D eigenvalue weighted by atomic mass is 32.2.